The standard InChI is InChI=1S/C21H22N4O/c22-12-16-4-2-6-19(23-16)25-13-18(15-3-1-5-17(26)11-15)21-20(25)14-7-9-24(21)10-8-14/h1-6,11,14,18,20-21,26H,7-10,13H2/t18-,20+,21+/m1/s1. The molecule has 1 aromatic carbocycles. The first-order valence-corrected chi connectivity index (χ1v) is 9.41. The third-order valence-electron chi connectivity index (χ3n) is 6.44. The Kier molecular flexibility index (Phi) is 3.61. The normalized spacial score (nSPS) is 32.3. The number of pyridine rings is 1. The Hall–Kier alpha value is -2.58. The molecule has 0 radical (unpaired) electrons. The first-order chi connectivity index (χ1) is 12.7. The first-order valence-electron chi connectivity index (χ1n) is 9.41. The lowest BCUT2D eigenvalue weighted by molar-refractivity contribution is 0.0354. The molecule has 5 heterocycles. The van der Waals surface area contributed by atoms with Gasteiger partial charge in [-0.1, -0.05) is 18.2 Å². The summed E-state index contributed by atoms with van der Waals surface area (Å²) in [6, 6.07) is 16.5. The van der Waals surface area contributed by atoms with Crippen LogP contribution in [0, 0.1) is 17.2 Å². The summed E-state index contributed by atoms with van der Waals surface area (Å²) in [5.41, 5.74) is 1.67. The van der Waals surface area contributed by atoms with E-state index in [0.29, 0.717) is 35.4 Å². The van der Waals surface area contributed by atoms with E-state index in [2.05, 4.69) is 26.9 Å². The molecule has 6 rings (SSSR count). The van der Waals surface area contributed by atoms with E-state index < -0.39 is 0 Å². The van der Waals surface area contributed by atoms with Gasteiger partial charge in [-0.15, -0.1) is 0 Å². The molecule has 4 aliphatic rings. The average molecular weight is 346 g/mol. The maximum Gasteiger partial charge on any atom is 0.142 e. The molecule has 4 saturated heterocycles. The van der Waals surface area contributed by atoms with Gasteiger partial charge in [0.15, 0.2) is 0 Å². The molecule has 132 valence electrons. The summed E-state index contributed by atoms with van der Waals surface area (Å²) in [4.78, 5) is 9.65. The van der Waals surface area contributed by atoms with E-state index in [1.807, 2.05) is 24.3 Å². The number of nitrogens with zero attached hydrogens (tertiary/aromatic N) is 4. The van der Waals surface area contributed by atoms with Crippen LogP contribution < -0.4 is 4.90 Å². The van der Waals surface area contributed by atoms with Gasteiger partial charge in [0.1, 0.15) is 23.3 Å². The van der Waals surface area contributed by atoms with E-state index in [0.717, 1.165) is 12.4 Å². The number of aromatic nitrogens is 1. The molecule has 0 amide bonds. The van der Waals surface area contributed by atoms with Gasteiger partial charge in [-0.3, -0.25) is 4.90 Å². The molecule has 4 fully saturated rings. The lowest BCUT2D eigenvalue weighted by Crippen LogP contribution is -2.60. The third-order valence-corrected chi connectivity index (χ3v) is 6.44. The topological polar surface area (TPSA) is 63.4 Å². The summed E-state index contributed by atoms with van der Waals surface area (Å²) in [5.74, 6) is 2.27. The number of rotatable bonds is 2. The SMILES string of the molecule is N#Cc1cccc(N2C[C@H](c3cccc(O)c3)[C@H]3[C@@H]2C2CCN3CC2)n1. The van der Waals surface area contributed by atoms with Crippen LogP contribution in [0.25, 0.3) is 0 Å². The lowest BCUT2D eigenvalue weighted by Gasteiger charge is -2.51. The highest BCUT2D eigenvalue weighted by Crippen LogP contribution is 2.47. The molecule has 0 saturated carbocycles. The highest BCUT2D eigenvalue weighted by molar-refractivity contribution is 5.49. The van der Waals surface area contributed by atoms with Gasteiger partial charge in [0.05, 0.1) is 0 Å². The number of aromatic hydroxyl groups is 1. The number of nitriles is 1. The zero-order chi connectivity index (χ0) is 17.7. The predicted molar refractivity (Wildman–Crippen MR) is 99.0 cm³/mol. The molecule has 5 nitrogen and oxygen atoms in total. The monoisotopic (exact) mass is 346 g/mol. The van der Waals surface area contributed by atoms with Gasteiger partial charge >= 0.3 is 0 Å². The van der Waals surface area contributed by atoms with Crippen LogP contribution in [0.3, 0.4) is 0 Å². The van der Waals surface area contributed by atoms with Crippen LogP contribution in [0.5, 0.6) is 5.75 Å². The minimum Gasteiger partial charge on any atom is -0.508 e. The molecule has 0 aliphatic carbocycles. The lowest BCUT2D eigenvalue weighted by atomic mass is 9.75. The van der Waals surface area contributed by atoms with Crippen molar-refractivity contribution < 1.29 is 5.11 Å². The van der Waals surface area contributed by atoms with Crippen molar-refractivity contribution in [3.8, 4) is 11.8 Å². The highest BCUT2D eigenvalue weighted by atomic mass is 16.3. The maximum absolute atomic E-state index is 9.98. The number of phenolic OH excluding ortho intramolecular Hbond substituents is 1. The molecule has 0 spiro atoms. The summed E-state index contributed by atoms with van der Waals surface area (Å²) in [6.45, 7) is 3.22. The summed E-state index contributed by atoms with van der Waals surface area (Å²) >= 11 is 0. The molecular formula is C21H22N4O. The van der Waals surface area contributed by atoms with Gasteiger partial charge in [-0.2, -0.15) is 5.26 Å². The maximum atomic E-state index is 9.98. The van der Waals surface area contributed by atoms with Crippen LogP contribution >= 0.6 is 0 Å². The molecule has 4 aliphatic heterocycles. The molecule has 3 atom stereocenters. The van der Waals surface area contributed by atoms with Gasteiger partial charge in [-0.05, 0) is 61.7 Å². The Morgan fingerprint density at radius 1 is 1.08 bits per heavy atom. The Morgan fingerprint density at radius 2 is 1.88 bits per heavy atom. The van der Waals surface area contributed by atoms with Crippen molar-refractivity contribution in [2.75, 3.05) is 24.5 Å². The smallest absolute Gasteiger partial charge is 0.142 e. The van der Waals surface area contributed by atoms with Gasteiger partial charge in [0, 0.05) is 24.5 Å². The van der Waals surface area contributed by atoms with Crippen molar-refractivity contribution in [3.05, 3.63) is 53.7 Å². The molecule has 2 bridgehead atoms. The van der Waals surface area contributed by atoms with Crippen molar-refractivity contribution in [3.63, 3.8) is 0 Å². The Labute approximate surface area is 153 Å². The van der Waals surface area contributed by atoms with Crippen molar-refractivity contribution in [2.24, 2.45) is 5.92 Å². The van der Waals surface area contributed by atoms with Gasteiger partial charge < -0.3 is 10.0 Å². The fourth-order valence-corrected chi connectivity index (χ4v) is 5.38. The highest BCUT2D eigenvalue weighted by Gasteiger charge is 2.53. The number of hydrogen-bond donors (Lipinski definition) is 1. The molecular weight excluding hydrogens is 324 g/mol. The number of phenols is 1. The van der Waals surface area contributed by atoms with Crippen molar-refractivity contribution in [1.29, 1.82) is 5.26 Å². The second-order valence-electron chi connectivity index (χ2n) is 7.70. The predicted octanol–water partition coefficient (Wildman–Crippen LogP) is 2.73. The quantitative estimate of drug-likeness (QED) is 0.906. The molecule has 5 heteroatoms. The van der Waals surface area contributed by atoms with Crippen molar-refractivity contribution in [1.82, 2.24) is 9.88 Å². The van der Waals surface area contributed by atoms with Crippen LogP contribution in [0.2, 0.25) is 0 Å². The van der Waals surface area contributed by atoms with Crippen LogP contribution in [-0.4, -0.2) is 46.7 Å². The van der Waals surface area contributed by atoms with E-state index in [1.165, 1.54) is 31.5 Å². The molecule has 26 heavy (non-hydrogen) atoms. The number of hydrogen-bond acceptors (Lipinski definition) is 5. The summed E-state index contributed by atoms with van der Waals surface area (Å²) in [5, 5.41) is 19.2. The largest absolute Gasteiger partial charge is 0.508 e. The van der Waals surface area contributed by atoms with E-state index in [9.17, 15) is 10.4 Å². The molecule has 1 aromatic heterocycles. The molecule has 1 N–H and O–H groups in total. The zero-order valence-corrected chi connectivity index (χ0v) is 14.6. The second-order valence-corrected chi connectivity index (χ2v) is 7.70. The average Bonchev–Trinajstić information content (AvgIpc) is 3.12. The minimum absolute atomic E-state index is 0.332. The summed E-state index contributed by atoms with van der Waals surface area (Å²) < 4.78 is 0. The summed E-state index contributed by atoms with van der Waals surface area (Å²) in [6.07, 6.45) is 2.48. The van der Waals surface area contributed by atoms with E-state index >= 15 is 0 Å². The number of fused-ring (bicyclic) bond motifs is 2. The van der Waals surface area contributed by atoms with E-state index in [-0.39, 0.29) is 0 Å². The molecule has 2 aromatic rings. The minimum atomic E-state index is 0.332. The van der Waals surface area contributed by atoms with Gasteiger partial charge in [-0.25, -0.2) is 4.98 Å². The Bertz CT molecular complexity index is 868. The zero-order valence-electron chi connectivity index (χ0n) is 14.6. The van der Waals surface area contributed by atoms with Crippen molar-refractivity contribution >= 4 is 5.82 Å². The van der Waals surface area contributed by atoms with Crippen molar-refractivity contribution in [2.45, 2.75) is 30.8 Å². The Balaban J connectivity index is 1.57. The first kappa shape index (κ1) is 15.7. The van der Waals surface area contributed by atoms with Gasteiger partial charge in [0.2, 0.25) is 0 Å². The van der Waals surface area contributed by atoms with Crippen LogP contribution in [0.15, 0.2) is 42.5 Å². The van der Waals surface area contributed by atoms with Crippen LogP contribution in [-0.2, 0) is 0 Å². The van der Waals surface area contributed by atoms with Crippen LogP contribution in [0.1, 0.15) is 30.0 Å². The number of anilines is 1. The fraction of sp³-hybridized carbons (Fsp3) is 0.429. The number of benzene rings is 1. The van der Waals surface area contributed by atoms with E-state index in [1.54, 1.807) is 12.1 Å². The second kappa shape index (κ2) is 6.00. The van der Waals surface area contributed by atoms with Gasteiger partial charge in [0.25, 0.3) is 0 Å². The summed E-state index contributed by atoms with van der Waals surface area (Å²) in [7, 11) is 0. The fourth-order valence-electron chi connectivity index (χ4n) is 5.38. The molecule has 0 unspecified atom stereocenters. The Morgan fingerprint density at radius 3 is 2.65 bits per heavy atom. The third kappa shape index (κ3) is 2.37. The van der Waals surface area contributed by atoms with Crippen LogP contribution in [0.4, 0.5) is 5.82 Å². The number of piperidine rings is 3. The van der Waals surface area contributed by atoms with E-state index in [4.69, 9.17) is 0 Å².